The Hall–Kier alpha value is -1.76. The molecular formula is C42H69NO4. The first-order valence-corrected chi connectivity index (χ1v) is 19.1. The van der Waals surface area contributed by atoms with Gasteiger partial charge in [0, 0.05) is 37.5 Å². The van der Waals surface area contributed by atoms with Gasteiger partial charge in [-0.2, -0.15) is 0 Å². The molecule has 1 heterocycles. The molecule has 0 saturated carbocycles. The SMILES string of the molecule is CCCC(N(C)C)C(C)(C)C1COC(CCCCCCCCOCc2ccccc2)(CCCCCCCCOCc2ccccc2)O1. The molecule has 5 heteroatoms. The standard InChI is InChI=1S/C42H69NO4/c1-6-25-39(43(4)5)41(2,3)40-36-46-42(47-40,30-21-11-7-9-13-23-32-44-34-37-26-17-15-18-27-37)31-22-12-8-10-14-24-33-45-35-38-28-19-16-20-29-38/h15-20,26-29,39-40H,6-14,21-25,30-36H2,1-5H3. The van der Waals surface area contributed by atoms with E-state index < -0.39 is 5.79 Å². The van der Waals surface area contributed by atoms with Gasteiger partial charge in [0.2, 0.25) is 0 Å². The van der Waals surface area contributed by atoms with Gasteiger partial charge in [0.05, 0.1) is 25.9 Å². The molecule has 0 bridgehead atoms. The quantitative estimate of drug-likeness (QED) is 0.0899. The van der Waals surface area contributed by atoms with Crippen LogP contribution in [0.3, 0.4) is 0 Å². The molecule has 3 rings (SSSR count). The fourth-order valence-corrected chi connectivity index (χ4v) is 7.23. The molecule has 1 saturated heterocycles. The summed E-state index contributed by atoms with van der Waals surface area (Å²) in [7, 11) is 4.44. The second kappa shape index (κ2) is 22.8. The average molecular weight is 652 g/mol. The molecule has 0 spiro atoms. The maximum Gasteiger partial charge on any atom is 0.168 e. The Morgan fingerprint density at radius 3 is 1.60 bits per heavy atom. The van der Waals surface area contributed by atoms with E-state index in [2.05, 4.69) is 100 Å². The van der Waals surface area contributed by atoms with E-state index in [1.807, 2.05) is 0 Å². The number of rotatable bonds is 27. The highest BCUT2D eigenvalue weighted by atomic mass is 16.7. The van der Waals surface area contributed by atoms with Crippen molar-refractivity contribution in [1.82, 2.24) is 4.90 Å². The molecule has 0 aromatic heterocycles. The van der Waals surface area contributed by atoms with Crippen molar-refractivity contribution in [2.75, 3.05) is 33.9 Å². The summed E-state index contributed by atoms with van der Waals surface area (Å²) in [4.78, 5) is 2.40. The smallest absolute Gasteiger partial charge is 0.168 e. The summed E-state index contributed by atoms with van der Waals surface area (Å²) in [6, 6.07) is 21.4. The van der Waals surface area contributed by atoms with Gasteiger partial charge in [0.1, 0.15) is 0 Å². The predicted molar refractivity (Wildman–Crippen MR) is 197 cm³/mol. The molecule has 0 amide bonds. The van der Waals surface area contributed by atoms with Gasteiger partial charge in [-0.25, -0.2) is 0 Å². The number of hydrogen-bond acceptors (Lipinski definition) is 5. The third-order valence-corrected chi connectivity index (χ3v) is 10.1. The Bertz CT molecular complexity index is 968. The molecule has 2 atom stereocenters. The highest BCUT2D eigenvalue weighted by Crippen LogP contribution is 2.43. The van der Waals surface area contributed by atoms with Crippen molar-refractivity contribution >= 4 is 0 Å². The predicted octanol–water partition coefficient (Wildman–Crippen LogP) is 10.7. The van der Waals surface area contributed by atoms with Crippen molar-refractivity contribution in [3.05, 3.63) is 71.8 Å². The monoisotopic (exact) mass is 652 g/mol. The largest absolute Gasteiger partial charge is 0.377 e. The van der Waals surface area contributed by atoms with Crippen molar-refractivity contribution in [1.29, 1.82) is 0 Å². The Morgan fingerprint density at radius 1 is 0.702 bits per heavy atom. The number of hydrogen-bond donors (Lipinski definition) is 0. The van der Waals surface area contributed by atoms with Crippen LogP contribution in [0.5, 0.6) is 0 Å². The molecule has 1 aliphatic heterocycles. The Balaban J connectivity index is 1.35. The van der Waals surface area contributed by atoms with Gasteiger partial charge >= 0.3 is 0 Å². The van der Waals surface area contributed by atoms with Crippen LogP contribution in [0.15, 0.2) is 60.7 Å². The van der Waals surface area contributed by atoms with Crippen LogP contribution < -0.4 is 0 Å². The lowest BCUT2D eigenvalue weighted by Gasteiger charge is -2.42. The van der Waals surface area contributed by atoms with Gasteiger partial charge in [-0.3, -0.25) is 0 Å². The Morgan fingerprint density at radius 2 is 1.15 bits per heavy atom. The highest BCUT2D eigenvalue weighted by molar-refractivity contribution is 5.14. The van der Waals surface area contributed by atoms with Gasteiger partial charge < -0.3 is 23.8 Å². The van der Waals surface area contributed by atoms with Crippen LogP contribution in [-0.2, 0) is 32.2 Å². The normalized spacial score (nSPS) is 17.0. The van der Waals surface area contributed by atoms with Crippen molar-refractivity contribution < 1.29 is 18.9 Å². The van der Waals surface area contributed by atoms with Gasteiger partial charge in [0.15, 0.2) is 5.79 Å². The summed E-state index contributed by atoms with van der Waals surface area (Å²) >= 11 is 0. The molecule has 0 aliphatic carbocycles. The van der Waals surface area contributed by atoms with E-state index >= 15 is 0 Å². The van der Waals surface area contributed by atoms with Crippen LogP contribution in [0.1, 0.15) is 135 Å². The van der Waals surface area contributed by atoms with Crippen LogP contribution in [0.25, 0.3) is 0 Å². The molecule has 2 unspecified atom stereocenters. The molecule has 1 fully saturated rings. The van der Waals surface area contributed by atoms with Crippen molar-refractivity contribution in [3.8, 4) is 0 Å². The zero-order valence-electron chi connectivity index (χ0n) is 30.9. The van der Waals surface area contributed by atoms with E-state index in [0.29, 0.717) is 12.6 Å². The van der Waals surface area contributed by atoms with E-state index in [9.17, 15) is 0 Å². The molecule has 266 valence electrons. The minimum absolute atomic E-state index is 0.0342. The molecule has 0 radical (unpaired) electrons. The summed E-state index contributed by atoms with van der Waals surface area (Å²) in [5.41, 5.74) is 2.55. The fraction of sp³-hybridized carbons (Fsp3) is 0.714. The summed E-state index contributed by atoms with van der Waals surface area (Å²) in [6.07, 6.45) is 19.2. The van der Waals surface area contributed by atoms with Crippen LogP contribution in [0, 0.1) is 5.41 Å². The van der Waals surface area contributed by atoms with Crippen molar-refractivity contribution in [2.45, 2.75) is 155 Å². The summed E-state index contributed by atoms with van der Waals surface area (Å²) in [5, 5.41) is 0. The molecular weight excluding hydrogens is 582 g/mol. The summed E-state index contributed by atoms with van der Waals surface area (Å²) in [5.74, 6) is -0.415. The number of unbranched alkanes of at least 4 members (excludes halogenated alkanes) is 10. The molecule has 1 aliphatic rings. The van der Waals surface area contributed by atoms with E-state index in [0.717, 1.165) is 52.1 Å². The van der Waals surface area contributed by atoms with Crippen molar-refractivity contribution in [2.24, 2.45) is 5.41 Å². The maximum absolute atomic E-state index is 7.03. The highest BCUT2D eigenvalue weighted by Gasteiger charge is 2.49. The minimum atomic E-state index is -0.415. The fourth-order valence-electron chi connectivity index (χ4n) is 7.23. The number of ether oxygens (including phenoxy) is 4. The van der Waals surface area contributed by atoms with Gasteiger partial charge in [-0.1, -0.05) is 139 Å². The van der Waals surface area contributed by atoms with Gasteiger partial charge in [0.25, 0.3) is 0 Å². The molecule has 47 heavy (non-hydrogen) atoms. The lowest BCUT2D eigenvalue weighted by Crippen LogP contribution is -2.49. The van der Waals surface area contributed by atoms with E-state index in [1.54, 1.807) is 0 Å². The topological polar surface area (TPSA) is 40.2 Å². The first-order valence-electron chi connectivity index (χ1n) is 19.1. The maximum atomic E-state index is 7.03. The summed E-state index contributed by atoms with van der Waals surface area (Å²) in [6.45, 7) is 10.9. The molecule has 2 aromatic carbocycles. The zero-order valence-corrected chi connectivity index (χ0v) is 30.9. The van der Waals surface area contributed by atoms with Gasteiger partial charge in [-0.15, -0.1) is 0 Å². The summed E-state index contributed by atoms with van der Waals surface area (Å²) < 4.78 is 25.5. The van der Waals surface area contributed by atoms with E-state index in [-0.39, 0.29) is 11.5 Å². The van der Waals surface area contributed by atoms with E-state index in [4.69, 9.17) is 18.9 Å². The number of benzene rings is 2. The lowest BCUT2D eigenvalue weighted by atomic mass is 9.76. The second-order valence-electron chi connectivity index (χ2n) is 14.7. The second-order valence-corrected chi connectivity index (χ2v) is 14.7. The molecule has 2 aromatic rings. The molecule has 5 nitrogen and oxygen atoms in total. The third kappa shape index (κ3) is 15.1. The van der Waals surface area contributed by atoms with Crippen LogP contribution in [0.4, 0.5) is 0 Å². The Kier molecular flexibility index (Phi) is 19.2. The van der Waals surface area contributed by atoms with Crippen LogP contribution in [0.2, 0.25) is 0 Å². The van der Waals surface area contributed by atoms with Gasteiger partial charge in [-0.05, 0) is 57.3 Å². The number of nitrogens with zero attached hydrogens (tertiary/aromatic N) is 1. The molecule has 0 N–H and O–H groups in total. The first kappa shape index (κ1) is 39.7. The van der Waals surface area contributed by atoms with Crippen LogP contribution >= 0.6 is 0 Å². The van der Waals surface area contributed by atoms with Crippen LogP contribution in [-0.4, -0.2) is 56.7 Å². The van der Waals surface area contributed by atoms with E-state index in [1.165, 1.54) is 88.2 Å². The minimum Gasteiger partial charge on any atom is -0.377 e. The third-order valence-electron chi connectivity index (χ3n) is 10.1. The lowest BCUT2D eigenvalue weighted by molar-refractivity contribution is -0.193. The Labute approximate surface area is 289 Å². The first-order chi connectivity index (χ1) is 22.9. The van der Waals surface area contributed by atoms with Crippen molar-refractivity contribution in [3.63, 3.8) is 0 Å². The average Bonchev–Trinajstić information content (AvgIpc) is 3.51. The zero-order chi connectivity index (χ0) is 33.6.